The van der Waals surface area contributed by atoms with E-state index in [9.17, 15) is 0 Å². The Balaban J connectivity index is 1.85. The molecule has 0 bridgehead atoms. The summed E-state index contributed by atoms with van der Waals surface area (Å²) in [5.41, 5.74) is 1.05. The fourth-order valence-electron chi connectivity index (χ4n) is 4.26. The number of hydrogen-bond acceptors (Lipinski definition) is 3. The van der Waals surface area contributed by atoms with E-state index in [1.165, 1.54) is 15.3 Å². The summed E-state index contributed by atoms with van der Waals surface area (Å²) in [4.78, 5) is 1.22. The number of methoxy groups -OCH3 is 1. The predicted molar refractivity (Wildman–Crippen MR) is 144 cm³/mol. The van der Waals surface area contributed by atoms with Crippen molar-refractivity contribution in [3.8, 4) is 11.5 Å². The van der Waals surface area contributed by atoms with Gasteiger partial charge in [-0.2, -0.15) is 0 Å². The molecule has 0 atom stereocenters. The second-order valence-electron chi connectivity index (χ2n) is 9.06. The van der Waals surface area contributed by atoms with Gasteiger partial charge in [0.15, 0.2) is 0 Å². The number of rotatable bonds is 7. The Morgan fingerprint density at radius 2 is 1.33 bits per heavy atom. The molecule has 4 rings (SSSR count). The van der Waals surface area contributed by atoms with Gasteiger partial charge in [-0.15, -0.1) is 11.3 Å². The van der Waals surface area contributed by atoms with Crippen molar-refractivity contribution in [1.29, 1.82) is 0 Å². The van der Waals surface area contributed by atoms with Gasteiger partial charge in [-0.25, -0.2) is 0 Å². The summed E-state index contributed by atoms with van der Waals surface area (Å²) in [6.07, 6.45) is 4.25. The van der Waals surface area contributed by atoms with Crippen LogP contribution in [0, 0.1) is 0 Å². The van der Waals surface area contributed by atoms with Crippen LogP contribution in [0.5, 0.6) is 11.5 Å². The van der Waals surface area contributed by atoms with Gasteiger partial charge in [-0.05, 0) is 50.6 Å². The van der Waals surface area contributed by atoms with E-state index in [0.29, 0.717) is 0 Å². The molecule has 0 spiro atoms. The highest BCUT2D eigenvalue weighted by atomic mass is 32.1. The predicted octanol–water partition coefficient (Wildman–Crippen LogP) is 6.87. The Morgan fingerprint density at radius 1 is 0.727 bits per heavy atom. The quantitative estimate of drug-likeness (QED) is 0.275. The fourth-order valence-corrected chi connectivity index (χ4v) is 9.28. The second-order valence-corrected chi connectivity index (χ2v) is 14.3. The van der Waals surface area contributed by atoms with E-state index in [1.807, 2.05) is 12.1 Å². The smallest absolute Gasteiger partial charge is 0.319 e. The van der Waals surface area contributed by atoms with Crippen LogP contribution >= 0.6 is 11.3 Å². The largest absolute Gasteiger partial charge is 0.534 e. The van der Waals surface area contributed by atoms with Crippen LogP contribution in [-0.4, -0.2) is 15.4 Å². The maximum atomic E-state index is 7.19. The van der Waals surface area contributed by atoms with E-state index in [0.717, 1.165) is 17.1 Å². The van der Waals surface area contributed by atoms with E-state index in [-0.39, 0.29) is 5.04 Å². The first kappa shape index (κ1) is 23.1. The van der Waals surface area contributed by atoms with Crippen LogP contribution in [0.15, 0.2) is 96.4 Å². The van der Waals surface area contributed by atoms with E-state index < -0.39 is 8.32 Å². The topological polar surface area (TPSA) is 18.5 Å². The first-order chi connectivity index (χ1) is 15.9. The van der Waals surface area contributed by atoms with E-state index in [2.05, 4.69) is 117 Å². The third kappa shape index (κ3) is 4.97. The monoisotopic (exact) mass is 470 g/mol. The Hall–Kier alpha value is -3.08. The van der Waals surface area contributed by atoms with Crippen molar-refractivity contribution in [3.63, 3.8) is 0 Å². The summed E-state index contributed by atoms with van der Waals surface area (Å²) in [6, 6.07) is 31.7. The third-order valence-electron chi connectivity index (χ3n) is 5.81. The molecular weight excluding hydrogens is 440 g/mol. The zero-order valence-corrected chi connectivity index (χ0v) is 21.4. The third-order valence-corrected chi connectivity index (χ3v) is 11.6. The van der Waals surface area contributed by atoms with Crippen LogP contribution < -0.4 is 19.5 Å². The first-order valence-electron chi connectivity index (χ1n) is 11.1. The highest BCUT2D eigenvalue weighted by Gasteiger charge is 2.52. The molecule has 0 saturated carbocycles. The lowest BCUT2D eigenvalue weighted by Crippen LogP contribution is -2.68. The van der Waals surface area contributed by atoms with Gasteiger partial charge in [0.2, 0.25) is 0 Å². The molecule has 33 heavy (non-hydrogen) atoms. The summed E-state index contributed by atoms with van der Waals surface area (Å²) < 4.78 is 12.8. The van der Waals surface area contributed by atoms with Gasteiger partial charge in [0.25, 0.3) is 0 Å². The molecule has 0 amide bonds. The number of benzene rings is 3. The van der Waals surface area contributed by atoms with Crippen molar-refractivity contribution >= 4 is 42.2 Å². The maximum Gasteiger partial charge on any atom is 0.319 e. The van der Waals surface area contributed by atoms with Gasteiger partial charge >= 0.3 is 8.32 Å². The zero-order valence-electron chi connectivity index (χ0n) is 19.6. The molecule has 3 aromatic carbocycles. The molecule has 168 valence electrons. The molecule has 0 aliphatic carbocycles. The molecule has 0 aliphatic rings. The summed E-state index contributed by atoms with van der Waals surface area (Å²) in [5, 5.41) is 4.48. The van der Waals surface area contributed by atoms with Crippen molar-refractivity contribution in [2.45, 2.75) is 25.8 Å². The molecule has 4 aromatic rings. The van der Waals surface area contributed by atoms with Gasteiger partial charge in [0.1, 0.15) is 11.5 Å². The van der Waals surface area contributed by atoms with Crippen LogP contribution in [0.1, 0.15) is 31.2 Å². The van der Waals surface area contributed by atoms with E-state index >= 15 is 0 Å². The van der Waals surface area contributed by atoms with Crippen LogP contribution in [0.4, 0.5) is 0 Å². The molecule has 0 aliphatic heterocycles. The minimum atomic E-state index is -2.70. The van der Waals surface area contributed by atoms with Crippen molar-refractivity contribution in [2.75, 3.05) is 7.11 Å². The second kappa shape index (κ2) is 9.82. The average molecular weight is 471 g/mol. The lowest BCUT2D eigenvalue weighted by Gasteiger charge is -2.43. The summed E-state index contributed by atoms with van der Waals surface area (Å²) in [5.74, 6) is 1.62. The summed E-state index contributed by atoms with van der Waals surface area (Å²) >= 11 is 1.72. The molecule has 0 radical (unpaired) electrons. The molecule has 0 saturated heterocycles. The van der Waals surface area contributed by atoms with E-state index in [4.69, 9.17) is 9.16 Å². The van der Waals surface area contributed by atoms with Crippen LogP contribution in [0.25, 0.3) is 12.2 Å². The van der Waals surface area contributed by atoms with Gasteiger partial charge in [0.05, 0.1) is 7.11 Å². The molecule has 0 unspecified atom stereocenters. The van der Waals surface area contributed by atoms with Crippen molar-refractivity contribution in [1.82, 2.24) is 0 Å². The Bertz CT molecular complexity index is 1150. The van der Waals surface area contributed by atoms with Crippen molar-refractivity contribution in [3.05, 3.63) is 107 Å². The normalized spacial score (nSPS) is 12.1. The Labute approximate surface area is 202 Å². The molecule has 2 nitrogen and oxygen atoms in total. The van der Waals surface area contributed by atoms with Gasteiger partial charge in [0, 0.05) is 10.9 Å². The lowest BCUT2D eigenvalue weighted by molar-refractivity contribution is 0.411. The Kier molecular flexibility index (Phi) is 6.87. The lowest BCUT2D eigenvalue weighted by atomic mass is 10.2. The number of thiophene rings is 1. The molecule has 1 heterocycles. The standard InChI is InChI=1S/C29H30O2SSi/c1-29(2,3)33(27-13-7-5-8-14-27,28-15-9-6-10-16-28)31-25-21-23(20-24(22-25)30-4)17-18-26-12-11-19-32-26/h5-22H,1-4H3. The SMILES string of the molecule is COc1cc(C=Cc2cccs2)cc(O[Si](c2ccccc2)(c2ccccc2)C(C)(C)C)c1. The van der Waals surface area contributed by atoms with Gasteiger partial charge in [-0.3, -0.25) is 0 Å². The maximum absolute atomic E-state index is 7.19. The zero-order chi connectivity index (χ0) is 23.3. The van der Waals surface area contributed by atoms with E-state index in [1.54, 1.807) is 18.4 Å². The van der Waals surface area contributed by atoms with Crippen LogP contribution in [0.2, 0.25) is 5.04 Å². The highest BCUT2D eigenvalue weighted by Crippen LogP contribution is 2.38. The minimum absolute atomic E-state index is 0.105. The molecule has 0 fully saturated rings. The summed E-state index contributed by atoms with van der Waals surface area (Å²) in [7, 11) is -0.999. The van der Waals surface area contributed by atoms with Crippen LogP contribution in [0.3, 0.4) is 0 Å². The molecule has 4 heteroatoms. The molecule has 0 N–H and O–H groups in total. The number of hydrogen-bond donors (Lipinski definition) is 0. The van der Waals surface area contributed by atoms with Gasteiger partial charge in [-0.1, -0.05) is 93.6 Å². The van der Waals surface area contributed by atoms with Crippen molar-refractivity contribution < 1.29 is 9.16 Å². The van der Waals surface area contributed by atoms with Gasteiger partial charge < -0.3 is 9.16 Å². The van der Waals surface area contributed by atoms with Crippen LogP contribution in [-0.2, 0) is 0 Å². The molecule has 1 aromatic heterocycles. The Morgan fingerprint density at radius 3 is 1.85 bits per heavy atom. The average Bonchev–Trinajstić information content (AvgIpc) is 3.35. The number of ether oxygens (including phenoxy) is 1. The fraction of sp³-hybridized carbons (Fsp3) is 0.172. The highest BCUT2D eigenvalue weighted by molar-refractivity contribution is 7.10. The minimum Gasteiger partial charge on any atom is -0.534 e. The first-order valence-corrected chi connectivity index (χ1v) is 13.9. The summed E-state index contributed by atoms with van der Waals surface area (Å²) in [6.45, 7) is 6.87. The molecular formula is C29H30O2SSi. The van der Waals surface area contributed by atoms with Crippen molar-refractivity contribution in [2.24, 2.45) is 0 Å².